The first kappa shape index (κ1) is 15.6. The number of rotatable bonds is 3. The Kier molecular flexibility index (Phi) is 4.42. The minimum absolute atomic E-state index is 0.0142. The smallest absolute Gasteiger partial charge is 0.378 e. The van der Waals surface area contributed by atoms with E-state index in [1.165, 1.54) is 30.3 Å². The Bertz CT molecular complexity index is 623. The summed E-state index contributed by atoms with van der Waals surface area (Å²) in [6.07, 6.45) is -4.35. The van der Waals surface area contributed by atoms with Gasteiger partial charge in [0, 0.05) is 11.7 Å². The van der Waals surface area contributed by atoms with Crippen LogP contribution in [0.4, 0.5) is 23.2 Å². The fourth-order valence-electron chi connectivity index (χ4n) is 1.88. The maximum Gasteiger partial charge on any atom is 0.416 e. The molecular formula is C15H12ClF4N. The summed E-state index contributed by atoms with van der Waals surface area (Å²) in [6, 6.07) is 8.81. The molecule has 0 heterocycles. The van der Waals surface area contributed by atoms with Crippen molar-refractivity contribution in [1.82, 2.24) is 0 Å². The van der Waals surface area contributed by atoms with Gasteiger partial charge in [0.2, 0.25) is 0 Å². The van der Waals surface area contributed by atoms with Gasteiger partial charge in [-0.2, -0.15) is 13.2 Å². The first-order valence-electron chi connectivity index (χ1n) is 6.16. The molecule has 112 valence electrons. The van der Waals surface area contributed by atoms with E-state index in [0.717, 1.165) is 12.1 Å². The zero-order valence-corrected chi connectivity index (χ0v) is 11.8. The topological polar surface area (TPSA) is 12.0 Å². The molecule has 21 heavy (non-hydrogen) atoms. The summed E-state index contributed by atoms with van der Waals surface area (Å²) in [5.41, 5.74) is 0.584. The highest BCUT2D eigenvalue weighted by Crippen LogP contribution is 2.30. The van der Waals surface area contributed by atoms with Gasteiger partial charge in [0.1, 0.15) is 5.82 Å². The molecular weight excluding hydrogens is 306 g/mol. The van der Waals surface area contributed by atoms with Crippen molar-refractivity contribution < 1.29 is 17.6 Å². The third-order valence-corrected chi connectivity index (χ3v) is 3.33. The molecule has 0 saturated heterocycles. The molecule has 2 aromatic rings. The Morgan fingerprint density at radius 1 is 1.05 bits per heavy atom. The van der Waals surface area contributed by atoms with Gasteiger partial charge in [-0.15, -0.1) is 0 Å². The van der Waals surface area contributed by atoms with Gasteiger partial charge in [-0.05, 0) is 42.8 Å². The average molecular weight is 318 g/mol. The van der Waals surface area contributed by atoms with Crippen LogP contribution in [0, 0.1) is 5.82 Å². The third kappa shape index (κ3) is 3.88. The van der Waals surface area contributed by atoms with Crippen molar-refractivity contribution in [3.05, 3.63) is 64.4 Å². The zero-order valence-electron chi connectivity index (χ0n) is 11.0. The van der Waals surface area contributed by atoms with E-state index in [1.54, 1.807) is 6.92 Å². The second-order valence-electron chi connectivity index (χ2n) is 4.61. The number of anilines is 1. The molecule has 0 bridgehead atoms. The minimum atomic E-state index is -4.35. The third-order valence-electron chi connectivity index (χ3n) is 3.04. The molecule has 1 atom stereocenters. The number of nitrogens with one attached hydrogen (secondary N) is 1. The highest BCUT2D eigenvalue weighted by Gasteiger charge is 2.30. The minimum Gasteiger partial charge on any atom is -0.378 e. The van der Waals surface area contributed by atoms with Crippen LogP contribution in [-0.4, -0.2) is 0 Å². The number of benzene rings is 2. The fraction of sp³-hybridized carbons (Fsp3) is 0.200. The second-order valence-corrected chi connectivity index (χ2v) is 5.02. The maximum absolute atomic E-state index is 13.0. The quantitative estimate of drug-likeness (QED) is 0.719. The van der Waals surface area contributed by atoms with Crippen LogP contribution in [0.25, 0.3) is 0 Å². The molecule has 2 aromatic carbocycles. The van der Waals surface area contributed by atoms with Crippen LogP contribution in [0.3, 0.4) is 0 Å². The van der Waals surface area contributed by atoms with Gasteiger partial charge in [0.15, 0.2) is 0 Å². The van der Waals surface area contributed by atoms with Crippen molar-refractivity contribution in [1.29, 1.82) is 0 Å². The van der Waals surface area contributed by atoms with Gasteiger partial charge < -0.3 is 5.32 Å². The van der Waals surface area contributed by atoms with Crippen molar-refractivity contribution in [2.45, 2.75) is 19.1 Å². The van der Waals surface area contributed by atoms with Gasteiger partial charge in [-0.25, -0.2) is 4.39 Å². The van der Waals surface area contributed by atoms with Gasteiger partial charge in [0.05, 0.1) is 10.6 Å². The van der Waals surface area contributed by atoms with Gasteiger partial charge in [0.25, 0.3) is 0 Å². The summed E-state index contributed by atoms with van der Waals surface area (Å²) in [5.74, 6) is -0.524. The molecule has 0 amide bonds. The standard InChI is InChI=1S/C15H12ClF4N/c1-9(21-12-6-7-14(17)13(16)8-12)10-2-4-11(5-3-10)15(18,19)20/h2-9,21H,1H3. The van der Waals surface area contributed by atoms with Crippen LogP contribution < -0.4 is 5.32 Å². The van der Waals surface area contributed by atoms with Crippen molar-refractivity contribution in [3.8, 4) is 0 Å². The summed E-state index contributed by atoms with van der Waals surface area (Å²) in [7, 11) is 0. The van der Waals surface area contributed by atoms with Crippen molar-refractivity contribution >= 4 is 17.3 Å². The first-order valence-corrected chi connectivity index (χ1v) is 6.54. The molecule has 1 unspecified atom stereocenters. The summed E-state index contributed by atoms with van der Waals surface area (Å²) < 4.78 is 50.5. The summed E-state index contributed by atoms with van der Waals surface area (Å²) in [6.45, 7) is 1.79. The van der Waals surface area contributed by atoms with E-state index in [4.69, 9.17) is 11.6 Å². The van der Waals surface area contributed by atoms with Crippen molar-refractivity contribution in [2.75, 3.05) is 5.32 Å². The largest absolute Gasteiger partial charge is 0.416 e. The lowest BCUT2D eigenvalue weighted by Crippen LogP contribution is -2.08. The molecule has 6 heteroatoms. The zero-order chi connectivity index (χ0) is 15.6. The first-order chi connectivity index (χ1) is 9.77. The summed E-state index contributed by atoms with van der Waals surface area (Å²) in [4.78, 5) is 0. The monoisotopic (exact) mass is 317 g/mol. The normalized spacial score (nSPS) is 13.0. The molecule has 0 fully saturated rings. The number of halogens is 5. The molecule has 0 aliphatic carbocycles. The lowest BCUT2D eigenvalue weighted by atomic mass is 10.1. The SMILES string of the molecule is CC(Nc1ccc(F)c(Cl)c1)c1ccc(C(F)(F)F)cc1. The highest BCUT2D eigenvalue weighted by molar-refractivity contribution is 6.31. The summed E-state index contributed by atoms with van der Waals surface area (Å²) >= 11 is 5.67. The molecule has 1 nitrogen and oxygen atoms in total. The van der Waals surface area contributed by atoms with E-state index in [-0.39, 0.29) is 11.1 Å². The highest BCUT2D eigenvalue weighted by atomic mass is 35.5. The molecule has 0 saturated carbocycles. The predicted octanol–water partition coefficient (Wildman–Crippen LogP) is 5.67. The Hall–Kier alpha value is -1.75. The van der Waals surface area contributed by atoms with Crippen LogP contribution in [0.2, 0.25) is 5.02 Å². The van der Waals surface area contributed by atoms with E-state index in [1.807, 2.05) is 0 Å². The van der Waals surface area contributed by atoms with Gasteiger partial charge in [-0.3, -0.25) is 0 Å². The lowest BCUT2D eigenvalue weighted by molar-refractivity contribution is -0.137. The van der Waals surface area contributed by atoms with Crippen molar-refractivity contribution in [2.24, 2.45) is 0 Å². The number of hydrogen-bond donors (Lipinski definition) is 1. The Labute approximate surface area is 124 Å². The molecule has 1 N–H and O–H groups in total. The van der Waals surface area contributed by atoms with Crippen LogP contribution in [0.5, 0.6) is 0 Å². The van der Waals surface area contributed by atoms with Crippen LogP contribution in [0.1, 0.15) is 24.1 Å². The lowest BCUT2D eigenvalue weighted by Gasteiger charge is -2.17. The van der Waals surface area contributed by atoms with E-state index >= 15 is 0 Å². The second kappa shape index (κ2) is 5.93. The molecule has 2 rings (SSSR count). The van der Waals surface area contributed by atoms with E-state index in [0.29, 0.717) is 11.3 Å². The summed E-state index contributed by atoms with van der Waals surface area (Å²) in [5, 5.41) is 3.04. The van der Waals surface area contributed by atoms with Crippen LogP contribution in [0.15, 0.2) is 42.5 Å². The Balaban J connectivity index is 2.13. The average Bonchev–Trinajstić information content (AvgIpc) is 2.42. The molecule has 0 radical (unpaired) electrons. The van der Waals surface area contributed by atoms with Crippen molar-refractivity contribution in [3.63, 3.8) is 0 Å². The van der Waals surface area contributed by atoms with E-state index in [2.05, 4.69) is 5.32 Å². The van der Waals surface area contributed by atoms with E-state index < -0.39 is 17.6 Å². The Morgan fingerprint density at radius 2 is 1.67 bits per heavy atom. The van der Waals surface area contributed by atoms with Gasteiger partial charge >= 0.3 is 6.18 Å². The Morgan fingerprint density at radius 3 is 2.19 bits per heavy atom. The molecule has 0 spiro atoms. The van der Waals surface area contributed by atoms with Crippen LogP contribution >= 0.6 is 11.6 Å². The molecule has 0 aromatic heterocycles. The predicted molar refractivity (Wildman–Crippen MR) is 74.9 cm³/mol. The fourth-order valence-corrected chi connectivity index (χ4v) is 2.06. The van der Waals surface area contributed by atoms with Crippen LogP contribution in [-0.2, 0) is 6.18 Å². The number of hydrogen-bond acceptors (Lipinski definition) is 1. The van der Waals surface area contributed by atoms with Gasteiger partial charge in [-0.1, -0.05) is 23.7 Å². The molecule has 0 aliphatic rings. The van der Waals surface area contributed by atoms with E-state index in [9.17, 15) is 17.6 Å². The molecule has 0 aliphatic heterocycles. The maximum atomic E-state index is 13.0. The number of alkyl halides is 3.